The van der Waals surface area contributed by atoms with Crippen LogP contribution in [0.3, 0.4) is 0 Å². The Morgan fingerprint density at radius 2 is 1.72 bits per heavy atom. The van der Waals surface area contributed by atoms with E-state index in [2.05, 4.69) is 5.10 Å². The van der Waals surface area contributed by atoms with E-state index < -0.39 is 17.5 Å². The number of carboxylic acid groups (broad SMARTS) is 1. The third-order valence-corrected chi connectivity index (χ3v) is 4.54. The van der Waals surface area contributed by atoms with E-state index in [1.54, 1.807) is 49.4 Å². The lowest BCUT2D eigenvalue weighted by Gasteiger charge is -2.09. The molecular weight excluding hydrogens is 376 g/mol. The molecule has 2 aromatic heterocycles. The molecule has 0 aliphatic heterocycles. The van der Waals surface area contributed by atoms with Crippen molar-refractivity contribution in [2.24, 2.45) is 0 Å². The van der Waals surface area contributed by atoms with Gasteiger partial charge in [0.1, 0.15) is 5.58 Å². The highest BCUT2D eigenvalue weighted by Gasteiger charge is 2.24. The summed E-state index contributed by atoms with van der Waals surface area (Å²) in [6, 6.07) is 13.3. The SMILES string of the molecule is CCOC(=O)c1oc2ccccc2c1Cn1nc(C(=O)O)c2ccccc2c1=O. The maximum Gasteiger partial charge on any atom is 0.374 e. The van der Waals surface area contributed by atoms with E-state index in [-0.39, 0.29) is 35.4 Å². The summed E-state index contributed by atoms with van der Waals surface area (Å²) in [5, 5.41) is 14.7. The number of benzene rings is 2. The lowest BCUT2D eigenvalue weighted by atomic mass is 10.1. The van der Waals surface area contributed by atoms with Crippen LogP contribution in [-0.2, 0) is 11.3 Å². The van der Waals surface area contributed by atoms with Gasteiger partial charge in [0.15, 0.2) is 5.69 Å². The molecule has 0 fully saturated rings. The first-order valence-electron chi connectivity index (χ1n) is 8.92. The third-order valence-electron chi connectivity index (χ3n) is 4.54. The zero-order chi connectivity index (χ0) is 20.5. The summed E-state index contributed by atoms with van der Waals surface area (Å²) >= 11 is 0. The number of hydrogen-bond acceptors (Lipinski definition) is 6. The molecule has 2 heterocycles. The van der Waals surface area contributed by atoms with E-state index in [4.69, 9.17) is 9.15 Å². The van der Waals surface area contributed by atoms with Crippen LogP contribution >= 0.6 is 0 Å². The molecular formula is C21H16N2O6. The van der Waals surface area contributed by atoms with Crippen LogP contribution in [0, 0.1) is 0 Å². The minimum Gasteiger partial charge on any atom is -0.476 e. The molecule has 0 unspecified atom stereocenters. The maximum absolute atomic E-state index is 12.9. The predicted octanol–water partition coefficient (Wildman–Crippen LogP) is 3.07. The molecule has 0 radical (unpaired) electrons. The zero-order valence-electron chi connectivity index (χ0n) is 15.4. The van der Waals surface area contributed by atoms with E-state index in [0.29, 0.717) is 16.5 Å². The van der Waals surface area contributed by atoms with Gasteiger partial charge in [-0.2, -0.15) is 5.10 Å². The number of para-hydroxylation sites is 1. The van der Waals surface area contributed by atoms with Crippen molar-refractivity contribution in [3.05, 3.63) is 75.9 Å². The molecule has 146 valence electrons. The van der Waals surface area contributed by atoms with Crippen LogP contribution in [0.4, 0.5) is 0 Å². The summed E-state index contributed by atoms with van der Waals surface area (Å²) < 4.78 is 11.8. The second kappa shape index (κ2) is 7.23. The topological polar surface area (TPSA) is 112 Å². The van der Waals surface area contributed by atoms with Crippen molar-refractivity contribution in [1.29, 1.82) is 0 Å². The molecule has 0 bridgehead atoms. The quantitative estimate of drug-likeness (QED) is 0.520. The van der Waals surface area contributed by atoms with Gasteiger partial charge in [-0.25, -0.2) is 14.3 Å². The number of fused-ring (bicyclic) bond motifs is 2. The fourth-order valence-electron chi connectivity index (χ4n) is 3.27. The average Bonchev–Trinajstić information content (AvgIpc) is 3.09. The monoisotopic (exact) mass is 392 g/mol. The number of carboxylic acids is 1. The molecule has 0 saturated heterocycles. The number of hydrogen-bond donors (Lipinski definition) is 1. The number of nitrogens with zero attached hydrogens (tertiary/aromatic N) is 2. The number of esters is 1. The maximum atomic E-state index is 12.9. The molecule has 29 heavy (non-hydrogen) atoms. The van der Waals surface area contributed by atoms with Crippen LogP contribution in [0.1, 0.15) is 33.5 Å². The van der Waals surface area contributed by atoms with Crippen molar-refractivity contribution in [2.75, 3.05) is 6.61 Å². The standard InChI is InChI=1S/C21H16N2O6/c1-2-28-21(27)18-15(12-7-5-6-10-16(12)29-18)11-23-19(24)14-9-4-3-8-13(14)17(22-23)20(25)26/h3-10H,2,11H2,1H3,(H,25,26). The van der Waals surface area contributed by atoms with E-state index in [1.165, 1.54) is 6.07 Å². The van der Waals surface area contributed by atoms with Crippen molar-refractivity contribution in [1.82, 2.24) is 9.78 Å². The van der Waals surface area contributed by atoms with Crippen LogP contribution in [-0.4, -0.2) is 33.4 Å². The van der Waals surface area contributed by atoms with Gasteiger partial charge in [0.25, 0.3) is 5.56 Å². The Morgan fingerprint density at radius 1 is 1.07 bits per heavy atom. The van der Waals surface area contributed by atoms with Gasteiger partial charge in [-0.3, -0.25) is 4.79 Å². The number of carbonyl (C=O) groups is 2. The van der Waals surface area contributed by atoms with Crippen LogP contribution < -0.4 is 5.56 Å². The lowest BCUT2D eigenvalue weighted by molar-refractivity contribution is 0.0490. The van der Waals surface area contributed by atoms with Crippen molar-refractivity contribution < 1.29 is 23.8 Å². The minimum absolute atomic E-state index is 0.0354. The molecule has 1 N–H and O–H groups in total. The smallest absolute Gasteiger partial charge is 0.374 e. The predicted molar refractivity (Wildman–Crippen MR) is 104 cm³/mol. The van der Waals surface area contributed by atoms with E-state index in [1.807, 2.05) is 0 Å². The Hall–Kier alpha value is -3.94. The number of aromatic carboxylic acids is 1. The van der Waals surface area contributed by atoms with E-state index >= 15 is 0 Å². The highest BCUT2D eigenvalue weighted by atomic mass is 16.5. The summed E-state index contributed by atoms with van der Waals surface area (Å²) in [5.74, 6) is -1.95. The van der Waals surface area contributed by atoms with Gasteiger partial charge in [0.05, 0.1) is 18.5 Å². The van der Waals surface area contributed by atoms with Crippen LogP contribution in [0.2, 0.25) is 0 Å². The number of furan rings is 1. The Morgan fingerprint density at radius 3 is 2.41 bits per heavy atom. The van der Waals surface area contributed by atoms with E-state index in [0.717, 1.165) is 4.68 Å². The first kappa shape index (κ1) is 18.4. The molecule has 4 rings (SSSR count). The van der Waals surface area contributed by atoms with Gasteiger partial charge < -0.3 is 14.3 Å². The highest BCUT2D eigenvalue weighted by Crippen LogP contribution is 2.27. The molecule has 0 atom stereocenters. The molecule has 8 heteroatoms. The molecule has 0 aliphatic rings. The summed E-state index contributed by atoms with van der Waals surface area (Å²) in [4.78, 5) is 37.0. The molecule has 0 aliphatic carbocycles. The van der Waals surface area contributed by atoms with Crippen LogP contribution in [0.25, 0.3) is 21.7 Å². The van der Waals surface area contributed by atoms with Gasteiger partial charge in [-0.15, -0.1) is 0 Å². The zero-order valence-corrected chi connectivity index (χ0v) is 15.4. The van der Waals surface area contributed by atoms with Crippen LogP contribution in [0.5, 0.6) is 0 Å². The largest absolute Gasteiger partial charge is 0.476 e. The van der Waals surface area contributed by atoms with Crippen molar-refractivity contribution >= 4 is 33.7 Å². The Kier molecular flexibility index (Phi) is 4.59. The van der Waals surface area contributed by atoms with Crippen molar-refractivity contribution in [3.8, 4) is 0 Å². The fraction of sp³-hybridized carbons (Fsp3) is 0.143. The Balaban J connectivity index is 1.94. The van der Waals surface area contributed by atoms with Gasteiger partial charge >= 0.3 is 11.9 Å². The lowest BCUT2D eigenvalue weighted by Crippen LogP contribution is -2.27. The molecule has 2 aromatic carbocycles. The molecule has 8 nitrogen and oxygen atoms in total. The summed E-state index contributed by atoms with van der Waals surface area (Å²) in [6.07, 6.45) is 0. The summed E-state index contributed by atoms with van der Waals surface area (Å²) in [7, 11) is 0. The number of ether oxygens (including phenoxy) is 1. The first-order valence-corrected chi connectivity index (χ1v) is 8.92. The number of carbonyl (C=O) groups excluding carboxylic acids is 1. The third kappa shape index (κ3) is 3.14. The first-order chi connectivity index (χ1) is 14.0. The van der Waals surface area contributed by atoms with Gasteiger partial charge in [0, 0.05) is 16.3 Å². The van der Waals surface area contributed by atoms with Gasteiger partial charge in [-0.05, 0) is 19.1 Å². The second-order valence-corrected chi connectivity index (χ2v) is 6.29. The normalized spacial score (nSPS) is 11.1. The number of rotatable bonds is 5. The molecule has 0 saturated carbocycles. The second-order valence-electron chi connectivity index (χ2n) is 6.29. The van der Waals surface area contributed by atoms with Crippen molar-refractivity contribution in [3.63, 3.8) is 0 Å². The van der Waals surface area contributed by atoms with Gasteiger partial charge in [0.2, 0.25) is 5.76 Å². The molecule has 0 amide bonds. The van der Waals surface area contributed by atoms with Gasteiger partial charge in [-0.1, -0.05) is 36.4 Å². The van der Waals surface area contributed by atoms with Crippen LogP contribution in [0.15, 0.2) is 57.7 Å². The van der Waals surface area contributed by atoms with E-state index in [9.17, 15) is 19.5 Å². The highest BCUT2D eigenvalue weighted by molar-refractivity contribution is 6.01. The minimum atomic E-state index is -1.25. The summed E-state index contributed by atoms with van der Waals surface area (Å²) in [5.41, 5.74) is 0.148. The molecule has 0 spiro atoms. The van der Waals surface area contributed by atoms with Crippen molar-refractivity contribution in [2.45, 2.75) is 13.5 Å². The fourth-order valence-corrected chi connectivity index (χ4v) is 3.27. The number of aromatic nitrogens is 2. The Labute approximate surface area is 163 Å². The summed E-state index contributed by atoms with van der Waals surface area (Å²) in [6.45, 7) is 1.69. The molecule has 4 aromatic rings. The average molecular weight is 392 g/mol. The Bertz CT molecular complexity index is 1320.